The number of carbonyl (C=O) groups is 3. The van der Waals surface area contributed by atoms with Crippen LogP contribution in [0.3, 0.4) is 0 Å². The summed E-state index contributed by atoms with van der Waals surface area (Å²) >= 11 is 0. The molecule has 0 amide bonds. The molecule has 1 aliphatic heterocycles. The van der Waals surface area contributed by atoms with Crippen molar-refractivity contribution in [3.63, 3.8) is 0 Å². The SMILES string of the molecule is COC(=O)C1(C)CCC2(C)CCC3(C)C(=CC(=O)C4C5(C)CCC(OC(C)=O)C(C)(C)C5CCC43C)C23OC13. The maximum absolute atomic E-state index is 14.5. The number of hydrogen-bond acceptors (Lipinski definition) is 6. The number of ketones is 1. The Labute approximate surface area is 234 Å². The van der Waals surface area contributed by atoms with Crippen molar-refractivity contribution in [2.75, 3.05) is 7.11 Å². The normalized spacial score (nSPS) is 53.1. The first-order valence-corrected chi connectivity index (χ1v) is 15.2. The molecule has 6 rings (SSSR count). The van der Waals surface area contributed by atoms with Gasteiger partial charge in [0.2, 0.25) is 0 Å². The lowest BCUT2D eigenvalue weighted by atomic mass is 9.33. The van der Waals surface area contributed by atoms with Crippen LogP contribution in [0, 0.1) is 44.3 Å². The Kier molecular flexibility index (Phi) is 5.48. The molecular weight excluding hydrogens is 492 g/mol. The van der Waals surface area contributed by atoms with Crippen molar-refractivity contribution in [1.82, 2.24) is 0 Å². The molecule has 10 atom stereocenters. The van der Waals surface area contributed by atoms with Crippen LogP contribution in [0.1, 0.15) is 107 Å². The molecule has 1 saturated heterocycles. The summed E-state index contributed by atoms with van der Waals surface area (Å²) in [7, 11) is 1.47. The van der Waals surface area contributed by atoms with Crippen molar-refractivity contribution >= 4 is 17.7 Å². The third-order valence-electron chi connectivity index (χ3n) is 14.0. The second kappa shape index (κ2) is 7.77. The van der Waals surface area contributed by atoms with Crippen molar-refractivity contribution in [2.45, 2.75) is 125 Å². The predicted molar refractivity (Wildman–Crippen MR) is 146 cm³/mol. The summed E-state index contributed by atoms with van der Waals surface area (Å²) < 4.78 is 17.9. The molecule has 6 nitrogen and oxygen atoms in total. The number of allylic oxidation sites excluding steroid dienone is 1. The quantitative estimate of drug-likeness (QED) is 0.306. The number of epoxide rings is 1. The number of esters is 2. The van der Waals surface area contributed by atoms with Gasteiger partial charge in [-0.3, -0.25) is 14.4 Å². The Hall–Kier alpha value is -1.69. The van der Waals surface area contributed by atoms with Crippen LogP contribution in [0.4, 0.5) is 0 Å². The smallest absolute Gasteiger partial charge is 0.314 e. The molecule has 6 aliphatic rings. The fourth-order valence-corrected chi connectivity index (χ4v) is 11.6. The minimum absolute atomic E-state index is 0.0921. The van der Waals surface area contributed by atoms with Crippen molar-refractivity contribution in [2.24, 2.45) is 44.3 Å². The number of ether oxygens (including phenoxy) is 3. The van der Waals surface area contributed by atoms with E-state index in [0.717, 1.165) is 56.9 Å². The molecule has 216 valence electrons. The summed E-state index contributed by atoms with van der Waals surface area (Å²) in [5.74, 6) is 0.00467. The van der Waals surface area contributed by atoms with Crippen LogP contribution in [0.15, 0.2) is 11.6 Å². The molecule has 0 N–H and O–H groups in total. The summed E-state index contributed by atoms with van der Waals surface area (Å²) in [6, 6.07) is 0. The van der Waals surface area contributed by atoms with E-state index in [1.807, 2.05) is 13.0 Å². The number of methoxy groups -OCH3 is 1. The fraction of sp³-hybridized carbons (Fsp3) is 0.848. The van der Waals surface area contributed by atoms with Crippen LogP contribution in [0.2, 0.25) is 0 Å². The Bertz CT molecular complexity index is 1190. The van der Waals surface area contributed by atoms with Crippen LogP contribution in [0.5, 0.6) is 0 Å². The standard InChI is InChI=1S/C33H48O6/c1-19(34)38-23-11-12-29(5)21(27(23,2)3)10-13-32(8)24(29)20(35)18-22-31(32,7)17-15-28(4)14-16-30(6,26(36)37-9)25-33(22,28)39-25/h18,21,23-25H,10-17H2,1-9H3. The zero-order valence-electron chi connectivity index (χ0n) is 25.5. The first-order chi connectivity index (χ1) is 18.0. The van der Waals surface area contributed by atoms with E-state index in [1.54, 1.807) is 0 Å². The minimum Gasteiger partial charge on any atom is -0.469 e. The average Bonchev–Trinajstić information content (AvgIpc) is 3.62. The molecule has 0 radical (unpaired) electrons. The molecule has 10 unspecified atom stereocenters. The molecule has 0 bridgehead atoms. The van der Waals surface area contributed by atoms with Gasteiger partial charge in [-0.25, -0.2) is 0 Å². The molecule has 4 saturated carbocycles. The van der Waals surface area contributed by atoms with Gasteiger partial charge in [-0.1, -0.05) is 41.5 Å². The van der Waals surface area contributed by atoms with E-state index >= 15 is 0 Å². The molecule has 1 spiro atoms. The van der Waals surface area contributed by atoms with Crippen LogP contribution in [-0.2, 0) is 28.6 Å². The third-order valence-corrected chi connectivity index (χ3v) is 14.0. The Morgan fingerprint density at radius 3 is 2.23 bits per heavy atom. The average molecular weight is 541 g/mol. The van der Waals surface area contributed by atoms with E-state index in [0.29, 0.717) is 0 Å². The topological polar surface area (TPSA) is 82.2 Å². The fourth-order valence-electron chi connectivity index (χ4n) is 11.6. The highest BCUT2D eigenvalue weighted by Gasteiger charge is 2.83. The maximum Gasteiger partial charge on any atom is 0.314 e. The van der Waals surface area contributed by atoms with E-state index in [4.69, 9.17) is 14.2 Å². The lowest BCUT2D eigenvalue weighted by molar-refractivity contribution is -0.210. The summed E-state index contributed by atoms with van der Waals surface area (Å²) in [6.45, 7) is 17.4. The molecular formula is C33H48O6. The zero-order valence-corrected chi connectivity index (χ0v) is 25.5. The molecule has 6 heteroatoms. The van der Waals surface area contributed by atoms with Crippen LogP contribution >= 0.6 is 0 Å². The van der Waals surface area contributed by atoms with Crippen molar-refractivity contribution in [3.05, 3.63) is 11.6 Å². The molecule has 0 aromatic rings. The van der Waals surface area contributed by atoms with E-state index in [2.05, 4.69) is 41.5 Å². The molecule has 5 fully saturated rings. The molecule has 0 aromatic carbocycles. The van der Waals surface area contributed by atoms with E-state index in [1.165, 1.54) is 14.0 Å². The van der Waals surface area contributed by atoms with Gasteiger partial charge in [0, 0.05) is 23.7 Å². The Morgan fingerprint density at radius 2 is 1.59 bits per heavy atom. The predicted octanol–water partition coefficient (Wildman–Crippen LogP) is 6.20. The second-order valence-electron chi connectivity index (χ2n) is 15.9. The Morgan fingerprint density at radius 1 is 0.923 bits per heavy atom. The van der Waals surface area contributed by atoms with Crippen LogP contribution < -0.4 is 0 Å². The largest absolute Gasteiger partial charge is 0.469 e. The van der Waals surface area contributed by atoms with Gasteiger partial charge in [0.25, 0.3) is 0 Å². The van der Waals surface area contributed by atoms with Gasteiger partial charge in [0.05, 0.1) is 12.5 Å². The zero-order chi connectivity index (χ0) is 28.6. The van der Waals surface area contributed by atoms with Gasteiger partial charge in [-0.2, -0.15) is 0 Å². The van der Waals surface area contributed by atoms with E-state index in [9.17, 15) is 14.4 Å². The number of fused-ring (bicyclic) bond motifs is 5. The van der Waals surface area contributed by atoms with Crippen LogP contribution in [-0.4, -0.2) is 42.6 Å². The first-order valence-electron chi connectivity index (χ1n) is 15.2. The van der Waals surface area contributed by atoms with Crippen molar-refractivity contribution in [1.29, 1.82) is 0 Å². The molecule has 1 heterocycles. The molecule has 5 aliphatic carbocycles. The van der Waals surface area contributed by atoms with Crippen molar-refractivity contribution < 1.29 is 28.6 Å². The van der Waals surface area contributed by atoms with Gasteiger partial charge in [-0.05, 0) is 92.1 Å². The van der Waals surface area contributed by atoms with E-state index < -0.39 is 11.0 Å². The van der Waals surface area contributed by atoms with Gasteiger partial charge >= 0.3 is 11.9 Å². The number of carbonyl (C=O) groups excluding carboxylic acids is 3. The maximum atomic E-state index is 14.5. The summed E-state index contributed by atoms with van der Waals surface area (Å²) in [5.41, 5.74) is -0.996. The highest BCUT2D eigenvalue weighted by molar-refractivity contribution is 5.96. The van der Waals surface area contributed by atoms with Crippen molar-refractivity contribution in [3.8, 4) is 0 Å². The molecule has 0 aromatic heterocycles. The Balaban J connectivity index is 1.45. The van der Waals surface area contributed by atoms with Crippen LogP contribution in [0.25, 0.3) is 0 Å². The highest BCUT2D eigenvalue weighted by atomic mass is 16.6. The minimum atomic E-state index is -0.698. The summed E-state index contributed by atoms with van der Waals surface area (Å²) in [6.07, 6.45) is 8.97. The first kappa shape index (κ1) is 27.5. The monoisotopic (exact) mass is 540 g/mol. The summed E-state index contributed by atoms with van der Waals surface area (Å²) in [4.78, 5) is 39.5. The van der Waals surface area contributed by atoms with Gasteiger partial charge in [0.1, 0.15) is 17.8 Å². The summed E-state index contributed by atoms with van der Waals surface area (Å²) in [5, 5.41) is 0. The number of hydrogen-bond donors (Lipinski definition) is 0. The third kappa shape index (κ3) is 3.00. The number of rotatable bonds is 2. The van der Waals surface area contributed by atoms with Gasteiger partial charge < -0.3 is 14.2 Å². The lowest BCUT2D eigenvalue weighted by Crippen LogP contribution is -2.68. The molecule has 39 heavy (non-hydrogen) atoms. The second-order valence-corrected chi connectivity index (χ2v) is 15.9. The lowest BCUT2D eigenvalue weighted by Gasteiger charge is -2.70. The highest BCUT2D eigenvalue weighted by Crippen LogP contribution is 2.80. The van der Waals surface area contributed by atoms with E-state index in [-0.39, 0.29) is 68.8 Å². The van der Waals surface area contributed by atoms with Gasteiger partial charge in [-0.15, -0.1) is 0 Å². The van der Waals surface area contributed by atoms with Gasteiger partial charge in [0.15, 0.2) is 5.78 Å².